The van der Waals surface area contributed by atoms with E-state index in [1.54, 1.807) is 0 Å². The van der Waals surface area contributed by atoms with Crippen molar-refractivity contribution in [3.63, 3.8) is 0 Å². The van der Waals surface area contributed by atoms with Crippen molar-refractivity contribution in [2.75, 3.05) is 27.7 Å². The fraction of sp³-hybridized carbons (Fsp3) is 0.357. The molecule has 0 amide bonds. The summed E-state index contributed by atoms with van der Waals surface area (Å²) in [6.07, 6.45) is 0. The lowest BCUT2D eigenvalue weighted by Gasteiger charge is -2.23. The van der Waals surface area contributed by atoms with Crippen LogP contribution in [0.4, 0.5) is 0 Å². The van der Waals surface area contributed by atoms with Crippen LogP contribution in [0.5, 0.6) is 0 Å². The second kappa shape index (κ2) is 6.19. The first-order valence-electron chi connectivity index (χ1n) is 6.25. The number of likely N-dealkylation sites (N-methyl/N-ethyl adjacent to an activating group) is 2. The molecule has 0 bridgehead atoms. The SMILES string of the molecule is CNCC(c1[nH]c(-c2ccccc2)nc1Cl)N(C)C. The number of halogens is 1. The first-order valence-corrected chi connectivity index (χ1v) is 6.63. The number of hydrogen-bond donors (Lipinski definition) is 2. The van der Waals surface area contributed by atoms with Crippen LogP contribution in [0.3, 0.4) is 0 Å². The van der Waals surface area contributed by atoms with E-state index in [2.05, 4.69) is 20.2 Å². The Hall–Kier alpha value is -1.36. The lowest BCUT2D eigenvalue weighted by molar-refractivity contribution is 0.289. The van der Waals surface area contributed by atoms with E-state index in [1.807, 2.05) is 51.5 Å². The predicted octanol–water partition coefficient (Wildman–Crippen LogP) is 2.55. The number of benzene rings is 1. The van der Waals surface area contributed by atoms with Gasteiger partial charge in [-0.05, 0) is 21.1 Å². The second-order valence-electron chi connectivity index (χ2n) is 4.69. The highest BCUT2D eigenvalue weighted by Crippen LogP contribution is 2.27. The maximum Gasteiger partial charge on any atom is 0.152 e. The van der Waals surface area contributed by atoms with Gasteiger partial charge in [0.15, 0.2) is 5.15 Å². The van der Waals surface area contributed by atoms with Crippen LogP contribution in [0.25, 0.3) is 11.4 Å². The van der Waals surface area contributed by atoms with Crippen molar-refractivity contribution in [2.24, 2.45) is 0 Å². The van der Waals surface area contributed by atoms with Gasteiger partial charge in [0.2, 0.25) is 0 Å². The molecule has 0 saturated heterocycles. The maximum absolute atomic E-state index is 6.27. The molecule has 2 aromatic rings. The molecule has 2 rings (SSSR count). The molecule has 0 spiro atoms. The number of nitrogens with one attached hydrogen (secondary N) is 2. The van der Waals surface area contributed by atoms with Gasteiger partial charge in [0.1, 0.15) is 5.82 Å². The van der Waals surface area contributed by atoms with E-state index in [9.17, 15) is 0 Å². The van der Waals surface area contributed by atoms with Crippen molar-refractivity contribution >= 4 is 11.6 Å². The summed E-state index contributed by atoms with van der Waals surface area (Å²) in [5, 5.41) is 3.71. The molecule has 1 atom stereocenters. The average Bonchev–Trinajstić information content (AvgIpc) is 2.78. The van der Waals surface area contributed by atoms with Crippen molar-refractivity contribution < 1.29 is 0 Å². The number of nitrogens with zero attached hydrogens (tertiary/aromatic N) is 2. The Balaban J connectivity index is 2.35. The fourth-order valence-corrected chi connectivity index (χ4v) is 2.31. The number of aromatic amines is 1. The largest absolute Gasteiger partial charge is 0.339 e. The van der Waals surface area contributed by atoms with Crippen molar-refractivity contribution in [2.45, 2.75) is 6.04 Å². The molecule has 1 aromatic carbocycles. The van der Waals surface area contributed by atoms with Crippen LogP contribution in [0.1, 0.15) is 11.7 Å². The topological polar surface area (TPSA) is 44.0 Å². The number of imidazole rings is 1. The highest BCUT2D eigenvalue weighted by molar-refractivity contribution is 6.30. The Morgan fingerprint density at radius 3 is 2.58 bits per heavy atom. The summed E-state index contributed by atoms with van der Waals surface area (Å²) in [5.41, 5.74) is 1.98. The Bertz CT molecular complexity index is 521. The van der Waals surface area contributed by atoms with Crippen LogP contribution in [-0.4, -0.2) is 42.6 Å². The molecule has 4 nitrogen and oxygen atoms in total. The zero-order valence-electron chi connectivity index (χ0n) is 11.4. The van der Waals surface area contributed by atoms with E-state index < -0.39 is 0 Å². The third-order valence-electron chi connectivity index (χ3n) is 3.09. The highest BCUT2D eigenvalue weighted by Gasteiger charge is 2.20. The van der Waals surface area contributed by atoms with E-state index in [1.165, 1.54) is 0 Å². The minimum Gasteiger partial charge on any atom is -0.339 e. The number of aromatic nitrogens is 2. The lowest BCUT2D eigenvalue weighted by atomic mass is 10.2. The van der Waals surface area contributed by atoms with Gasteiger partial charge in [-0.25, -0.2) is 4.98 Å². The second-order valence-corrected chi connectivity index (χ2v) is 5.05. The molecule has 19 heavy (non-hydrogen) atoms. The van der Waals surface area contributed by atoms with Gasteiger partial charge in [-0.2, -0.15) is 0 Å². The summed E-state index contributed by atoms with van der Waals surface area (Å²) >= 11 is 6.27. The molecule has 0 aliphatic rings. The number of rotatable bonds is 5. The van der Waals surface area contributed by atoms with Gasteiger partial charge in [-0.3, -0.25) is 4.90 Å². The van der Waals surface area contributed by atoms with Gasteiger partial charge >= 0.3 is 0 Å². The summed E-state index contributed by atoms with van der Waals surface area (Å²) in [7, 11) is 5.99. The minimum atomic E-state index is 0.169. The Morgan fingerprint density at radius 1 is 1.32 bits per heavy atom. The van der Waals surface area contributed by atoms with Crippen molar-refractivity contribution in [1.82, 2.24) is 20.2 Å². The Kier molecular flexibility index (Phi) is 4.58. The molecular formula is C14H19ClN4. The number of H-pyrrole nitrogens is 1. The van der Waals surface area contributed by atoms with E-state index in [-0.39, 0.29) is 6.04 Å². The summed E-state index contributed by atoms with van der Waals surface area (Å²) < 4.78 is 0. The van der Waals surface area contributed by atoms with Crippen molar-refractivity contribution in [3.8, 4) is 11.4 Å². The Morgan fingerprint density at radius 2 is 2.00 bits per heavy atom. The van der Waals surface area contributed by atoms with E-state index >= 15 is 0 Å². The zero-order chi connectivity index (χ0) is 13.8. The third-order valence-corrected chi connectivity index (χ3v) is 3.37. The summed E-state index contributed by atoms with van der Waals surface area (Å²) in [4.78, 5) is 9.88. The molecule has 1 heterocycles. The van der Waals surface area contributed by atoms with Crippen molar-refractivity contribution in [1.29, 1.82) is 0 Å². The van der Waals surface area contributed by atoms with E-state index in [0.717, 1.165) is 23.6 Å². The molecule has 0 radical (unpaired) electrons. The smallest absolute Gasteiger partial charge is 0.152 e. The minimum absolute atomic E-state index is 0.169. The first-order chi connectivity index (χ1) is 9.13. The van der Waals surface area contributed by atoms with Gasteiger partial charge in [0.25, 0.3) is 0 Å². The average molecular weight is 279 g/mol. The third kappa shape index (κ3) is 3.15. The summed E-state index contributed by atoms with van der Waals surface area (Å²) in [5.74, 6) is 0.809. The van der Waals surface area contributed by atoms with Gasteiger partial charge < -0.3 is 10.3 Å². The monoisotopic (exact) mass is 278 g/mol. The lowest BCUT2D eigenvalue weighted by Crippen LogP contribution is -2.29. The van der Waals surface area contributed by atoms with Gasteiger partial charge in [0, 0.05) is 12.1 Å². The van der Waals surface area contributed by atoms with Crippen LogP contribution in [0, 0.1) is 0 Å². The zero-order valence-corrected chi connectivity index (χ0v) is 12.2. The molecule has 1 aromatic heterocycles. The van der Waals surface area contributed by atoms with Gasteiger partial charge in [-0.15, -0.1) is 0 Å². The van der Waals surface area contributed by atoms with E-state index in [4.69, 9.17) is 11.6 Å². The maximum atomic E-state index is 6.27. The molecular weight excluding hydrogens is 260 g/mol. The van der Waals surface area contributed by atoms with Gasteiger partial charge in [-0.1, -0.05) is 41.9 Å². The van der Waals surface area contributed by atoms with Crippen LogP contribution in [-0.2, 0) is 0 Å². The van der Waals surface area contributed by atoms with Crippen LogP contribution in [0.15, 0.2) is 30.3 Å². The first kappa shape index (κ1) is 14.1. The molecule has 0 fully saturated rings. The van der Waals surface area contributed by atoms with Crippen LogP contribution >= 0.6 is 11.6 Å². The molecule has 0 saturated carbocycles. The van der Waals surface area contributed by atoms with Crippen molar-refractivity contribution in [3.05, 3.63) is 41.2 Å². The standard InChI is InChI=1S/C14H19ClN4/c1-16-9-11(19(2)3)12-13(15)18-14(17-12)10-7-5-4-6-8-10/h4-8,11,16H,9H2,1-3H3,(H,17,18). The van der Waals surface area contributed by atoms with Crippen LogP contribution in [0.2, 0.25) is 5.15 Å². The molecule has 102 valence electrons. The predicted molar refractivity (Wildman–Crippen MR) is 79.4 cm³/mol. The Labute approximate surface area is 118 Å². The molecule has 0 aliphatic heterocycles. The molecule has 1 unspecified atom stereocenters. The summed E-state index contributed by atoms with van der Waals surface area (Å²) in [6, 6.07) is 10.2. The normalized spacial score (nSPS) is 12.9. The fourth-order valence-electron chi connectivity index (χ4n) is 2.06. The van der Waals surface area contributed by atoms with Crippen LogP contribution < -0.4 is 5.32 Å². The van der Waals surface area contributed by atoms with Gasteiger partial charge in [0.05, 0.1) is 11.7 Å². The molecule has 2 N–H and O–H groups in total. The summed E-state index contributed by atoms with van der Waals surface area (Å²) in [6.45, 7) is 0.809. The highest BCUT2D eigenvalue weighted by atomic mass is 35.5. The molecule has 0 aliphatic carbocycles. The molecule has 5 heteroatoms. The van der Waals surface area contributed by atoms with E-state index in [0.29, 0.717) is 5.15 Å². The quantitative estimate of drug-likeness (QED) is 0.883. The number of hydrogen-bond acceptors (Lipinski definition) is 3.